The molecule has 3 N–H and O–H groups in total. The van der Waals surface area contributed by atoms with E-state index >= 15 is 0 Å². The van der Waals surface area contributed by atoms with E-state index in [1.807, 2.05) is 0 Å². The highest BCUT2D eigenvalue weighted by atomic mass is 32.2. The number of nitrogens with two attached hydrogens (primary N) is 1. The summed E-state index contributed by atoms with van der Waals surface area (Å²) < 4.78 is 30.3. The van der Waals surface area contributed by atoms with Crippen LogP contribution in [0.25, 0.3) is 0 Å². The van der Waals surface area contributed by atoms with Crippen molar-refractivity contribution < 1.29 is 17.7 Å². The maximum atomic E-state index is 8.97. The monoisotopic (exact) mass is 198 g/mol. The molecule has 1 fully saturated rings. The first-order valence-electron chi connectivity index (χ1n) is 3.41. The fourth-order valence-electron chi connectivity index (χ4n) is 0.655. The maximum absolute atomic E-state index is 8.97. The normalized spacial score (nSPS) is 19.6. The largest absolute Gasteiger partial charge is 0.379 e. The zero-order chi connectivity index (χ0) is 9.61. The Hall–Kier alpha value is -0.210. The van der Waals surface area contributed by atoms with Crippen LogP contribution >= 0.6 is 0 Å². The molecule has 6 nitrogen and oxygen atoms in total. The van der Waals surface area contributed by atoms with Gasteiger partial charge in [-0.05, 0) is 7.05 Å². The summed E-state index contributed by atoms with van der Waals surface area (Å²) in [5, 5.41) is 3.88. The number of ether oxygens (including phenoxy) is 1. The van der Waals surface area contributed by atoms with Crippen LogP contribution in [0.2, 0.25) is 0 Å². The molecule has 0 radical (unpaired) electrons. The van der Waals surface area contributed by atoms with Gasteiger partial charge in [0.15, 0.2) is 0 Å². The molecule has 0 aromatic carbocycles. The van der Waals surface area contributed by atoms with E-state index in [0.717, 1.165) is 26.3 Å². The van der Waals surface area contributed by atoms with Crippen LogP contribution in [0.3, 0.4) is 0 Å². The first kappa shape index (κ1) is 11.8. The van der Waals surface area contributed by atoms with E-state index in [2.05, 4.69) is 17.1 Å². The second-order valence-electron chi connectivity index (χ2n) is 2.43. The van der Waals surface area contributed by atoms with Crippen LogP contribution in [0, 0.1) is 0 Å². The Balaban J connectivity index is 0.000000217. The van der Waals surface area contributed by atoms with E-state index in [4.69, 9.17) is 17.7 Å². The van der Waals surface area contributed by atoms with Crippen molar-refractivity contribution in [3.05, 3.63) is 0 Å². The highest BCUT2D eigenvalue weighted by Crippen LogP contribution is 1.89. The number of likely N-dealkylation sites (N-methyl/N-ethyl adjacent to an activating group) is 1. The molecule has 74 valence electrons. The van der Waals surface area contributed by atoms with Crippen LogP contribution in [0.4, 0.5) is 0 Å². The third-order valence-corrected chi connectivity index (χ3v) is 1.23. The molecule has 1 heterocycles. The van der Waals surface area contributed by atoms with E-state index in [1.165, 1.54) is 0 Å². The van der Waals surface area contributed by atoms with Gasteiger partial charge in [-0.15, -0.1) is 0 Å². The summed E-state index contributed by atoms with van der Waals surface area (Å²) in [7, 11) is -2.05. The molecule has 12 heavy (non-hydrogen) atoms. The van der Waals surface area contributed by atoms with Crippen LogP contribution in [0.1, 0.15) is 0 Å². The SMILES string of the molecule is CN1CCOCC1.NS(=O)(=O)O. The average molecular weight is 198 g/mol. The van der Waals surface area contributed by atoms with Crippen molar-refractivity contribution in [1.29, 1.82) is 0 Å². The summed E-state index contributed by atoms with van der Waals surface area (Å²) in [6, 6.07) is 0. The van der Waals surface area contributed by atoms with Crippen molar-refractivity contribution >= 4 is 10.3 Å². The number of hydrogen-bond donors (Lipinski definition) is 2. The van der Waals surface area contributed by atoms with Gasteiger partial charge in [0.1, 0.15) is 0 Å². The quantitative estimate of drug-likeness (QED) is 0.472. The first-order valence-corrected chi connectivity index (χ1v) is 4.91. The van der Waals surface area contributed by atoms with Crippen LogP contribution in [-0.2, 0) is 15.0 Å². The molecule has 0 aliphatic carbocycles. The van der Waals surface area contributed by atoms with Gasteiger partial charge in [-0.1, -0.05) is 0 Å². The van der Waals surface area contributed by atoms with Gasteiger partial charge in [0.2, 0.25) is 0 Å². The molecular weight excluding hydrogens is 184 g/mol. The Bertz CT molecular complexity index is 189. The summed E-state index contributed by atoms with van der Waals surface area (Å²) in [5.74, 6) is 0. The van der Waals surface area contributed by atoms with Crippen LogP contribution in [-0.4, -0.2) is 51.2 Å². The van der Waals surface area contributed by atoms with Crippen molar-refractivity contribution in [1.82, 2.24) is 4.90 Å². The third-order valence-electron chi connectivity index (χ3n) is 1.23. The van der Waals surface area contributed by atoms with E-state index in [-0.39, 0.29) is 0 Å². The van der Waals surface area contributed by atoms with Crippen LogP contribution in [0.15, 0.2) is 0 Å². The molecule has 0 amide bonds. The number of morpholine rings is 1. The molecule has 0 aromatic rings. The predicted octanol–water partition coefficient (Wildman–Crippen LogP) is -1.30. The summed E-state index contributed by atoms with van der Waals surface area (Å²) >= 11 is 0. The summed E-state index contributed by atoms with van der Waals surface area (Å²) in [6.45, 7) is 4.02. The van der Waals surface area contributed by atoms with Crippen molar-refractivity contribution in [2.45, 2.75) is 0 Å². The molecule has 1 aliphatic rings. The second-order valence-corrected chi connectivity index (χ2v) is 3.46. The minimum atomic E-state index is -4.17. The molecule has 1 aliphatic heterocycles. The maximum Gasteiger partial charge on any atom is 0.330 e. The van der Waals surface area contributed by atoms with Gasteiger partial charge in [0.25, 0.3) is 0 Å². The lowest BCUT2D eigenvalue weighted by atomic mass is 10.5. The Kier molecular flexibility index (Phi) is 5.34. The lowest BCUT2D eigenvalue weighted by molar-refractivity contribution is 0.0503. The highest BCUT2D eigenvalue weighted by Gasteiger charge is 2.02. The molecule has 0 saturated carbocycles. The predicted molar refractivity (Wildman–Crippen MR) is 44.1 cm³/mol. The molecule has 0 aromatic heterocycles. The lowest BCUT2D eigenvalue weighted by Crippen LogP contribution is -2.32. The van der Waals surface area contributed by atoms with E-state index in [1.54, 1.807) is 0 Å². The minimum Gasteiger partial charge on any atom is -0.379 e. The van der Waals surface area contributed by atoms with Crippen molar-refractivity contribution in [2.24, 2.45) is 5.14 Å². The fourth-order valence-corrected chi connectivity index (χ4v) is 0.655. The lowest BCUT2D eigenvalue weighted by Gasteiger charge is -2.21. The number of nitrogens with zero attached hydrogens (tertiary/aromatic N) is 1. The fraction of sp³-hybridized carbons (Fsp3) is 1.00. The third kappa shape index (κ3) is 12.5. The Morgan fingerprint density at radius 3 is 1.92 bits per heavy atom. The first-order chi connectivity index (χ1) is 5.39. The molecule has 1 saturated heterocycles. The molecule has 1 rings (SSSR count). The van der Waals surface area contributed by atoms with Gasteiger partial charge < -0.3 is 9.64 Å². The Morgan fingerprint density at radius 2 is 1.75 bits per heavy atom. The number of hydrogen-bond acceptors (Lipinski definition) is 4. The molecule has 0 bridgehead atoms. The zero-order valence-electron chi connectivity index (χ0n) is 6.93. The van der Waals surface area contributed by atoms with E-state index in [0.29, 0.717) is 0 Å². The summed E-state index contributed by atoms with van der Waals surface area (Å²) in [4.78, 5) is 2.27. The zero-order valence-corrected chi connectivity index (χ0v) is 7.75. The molecule has 0 atom stereocenters. The van der Waals surface area contributed by atoms with Gasteiger partial charge in [-0.3, -0.25) is 4.55 Å². The summed E-state index contributed by atoms with van der Waals surface area (Å²) in [5.41, 5.74) is 0. The van der Waals surface area contributed by atoms with Crippen molar-refractivity contribution in [3.8, 4) is 0 Å². The highest BCUT2D eigenvalue weighted by molar-refractivity contribution is 7.83. The van der Waals surface area contributed by atoms with Gasteiger partial charge in [0.05, 0.1) is 13.2 Å². The van der Waals surface area contributed by atoms with Gasteiger partial charge in [0, 0.05) is 13.1 Å². The molecule has 0 spiro atoms. The average Bonchev–Trinajstić information content (AvgIpc) is 1.85. The number of rotatable bonds is 0. The topological polar surface area (TPSA) is 92.9 Å². The van der Waals surface area contributed by atoms with E-state index in [9.17, 15) is 0 Å². The smallest absolute Gasteiger partial charge is 0.330 e. The van der Waals surface area contributed by atoms with Crippen LogP contribution in [0.5, 0.6) is 0 Å². The Labute approximate surface area is 72.2 Å². The Morgan fingerprint density at radius 1 is 1.42 bits per heavy atom. The van der Waals surface area contributed by atoms with Crippen molar-refractivity contribution in [2.75, 3.05) is 33.4 Å². The van der Waals surface area contributed by atoms with Crippen molar-refractivity contribution in [3.63, 3.8) is 0 Å². The van der Waals surface area contributed by atoms with Gasteiger partial charge in [-0.25, -0.2) is 5.14 Å². The molecule has 7 heteroatoms. The van der Waals surface area contributed by atoms with Gasteiger partial charge in [-0.2, -0.15) is 8.42 Å². The summed E-state index contributed by atoms with van der Waals surface area (Å²) in [6.07, 6.45) is 0. The molecular formula is C5H14N2O4S. The van der Waals surface area contributed by atoms with E-state index < -0.39 is 10.3 Å². The van der Waals surface area contributed by atoms with Gasteiger partial charge >= 0.3 is 10.3 Å². The molecule has 0 unspecified atom stereocenters. The minimum absolute atomic E-state index is 0.913. The standard InChI is InChI=1S/C5H11NO.H3NO3S/c1-6-2-4-7-5-3-6;1-5(2,3)4/h2-5H2,1H3;(H3,1,2,3,4). The second kappa shape index (κ2) is 5.44. The van der Waals surface area contributed by atoms with Crippen LogP contribution < -0.4 is 5.14 Å².